The van der Waals surface area contributed by atoms with Crippen molar-refractivity contribution >= 4 is 11.7 Å². The molecule has 1 aromatic rings. The highest BCUT2D eigenvalue weighted by atomic mass is 16.5. The van der Waals surface area contributed by atoms with Crippen LogP contribution in [0.15, 0.2) is 12.3 Å². The lowest BCUT2D eigenvalue weighted by Gasteiger charge is -2.06. The standard InChI is InChI=1S/C11H16N2O3/c1-8-10(6-9(12)7-13-8)11(14)16-5-3-4-15-2/h6-7H,3-5,12H2,1-2H3. The van der Waals surface area contributed by atoms with E-state index in [1.54, 1.807) is 20.1 Å². The van der Waals surface area contributed by atoms with E-state index < -0.39 is 5.97 Å². The van der Waals surface area contributed by atoms with Gasteiger partial charge in [-0.25, -0.2) is 4.79 Å². The minimum Gasteiger partial charge on any atom is -0.462 e. The van der Waals surface area contributed by atoms with E-state index in [9.17, 15) is 4.79 Å². The molecule has 0 amide bonds. The number of hydrogen-bond acceptors (Lipinski definition) is 5. The lowest BCUT2D eigenvalue weighted by molar-refractivity contribution is 0.0467. The largest absolute Gasteiger partial charge is 0.462 e. The zero-order chi connectivity index (χ0) is 12.0. The second-order valence-corrected chi connectivity index (χ2v) is 3.38. The zero-order valence-electron chi connectivity index (χ0n) is 9.53. The van der Waals surface area contributed by atoms with E-state index in [1.165, 1.54) is 6.20 Å². The van der Waals surface area contributed by atoms with Crippen molar-refractivity contribution in [1.82, 2.24) is 4.98 Å². The molecule has 1 rings (SSSR count). The van der Waals surface area contributed by atoms with Gasteiger partial charge in [-0.15, -0.1) is 0 Å². The number of nitrogens with zero attached hydrogens (tertiary/aromatic N) is 1. The number of carbonyl (C=O) groups excluding carboxylic acids is 1. The molecule has 0 saturated heterocycles. The Morgan fingerprint density at radius 2 is 2.25 bits per heavy atom. The first-order valence-corrected chi connectivity index (χ1v) is 5.03. The van der Waals surface area contributed by atoms with Crippen molar-refractivity contribution in [2.45, 2.75) is 13.3 Å². The third-order valence-corrected chi connectivity index (χ3v) is 2.05. The number of nitrogens with two attached hydrogens (primary N) is 1. The second kappa shape index (κ2) is 6.07. The molecule has 0 unspecified atom stereocenters. The van der Waals surface area contributed by atoms with Gasteiger partial charge in [0.2, 0.25) is 0 Å². The van der Waals surface area contributed by atoms with Crippen molar-refractivity contribution < 1.29 is 14.3 Å². The molecule has 16 heavy (non-hydrogen) atoms. The van der Waals surface area contributed by atoms with Gasteiger partial charge in [-0.05, 0) is 13.0 Å². The summed E-state index contributed by atoms with van der Waals surface area (Å²) in [6.45, 7) is 2.65. The molecule has 0 aliphatic rings. The van der Waals surface area contributed by atoms with Crippen LogP contribution >= 0.6 is 0 Å². The first kappa shape index (κ1) is 12.4. The Bertz CT molecular complexity index is 366. The topological polar surface area (TPSA) is 74.4 Å². The maximum absolute atomic E-state index is 11.6. The summed E-state index contributed by atoms with van der Waals surface area (Å²) < 4.78 is 9.90. The van der Waals surface area contributed by atoms with Crippen LogP contribution in [-0.2, 0) is 9.47 Å². The Morgan fingerprint density at radius 1 is 1.50 bits per heavy atom. The molecule has 5 heteroatoms. The third-order valence-electron chi connectivity index (χ3n) is 2.05. The van der Waals surface area contributed by atoms with E-state index in [2.05, 4.69) is 4.98 Å². The maximum atomic E-state index is 11.6. The maximum Gasteiger partial charge on any atom is 0.340 e. The number of anilines is 1. The van der Waals surface area contributed by atoms with Crippen LogP contribution in [0.4, 0.5) is 5.69 Å². The predicted molar refractivity (Wildman–Crippen MR) is 60.2 cm³/mol. The van der Waals surface area contributed by atoms with E-state index >= 15 is 0 Å². The second-order valence-electron chi connectivity index (χ2n) is 3.38. The van der Waals surface area contributed by atoms with Crippen LogP contribution in [0.5, 0.6) is 0 Å². The van der Waals surface area contributed by atoms with Crippen LogP contribution in [0.2, 0.25) is 0 Å². The van der Waals surface area contributed by atoms with Crippen molar-refractivity contribution in [2.75, 3.05) is 26.1 Å². The fourth-order valence-corrected chi connectivity index (χ4v) is 1.20. The van der Waals surface area contributed by atoms with Gasteiger partial charge in [0.25, 0.3) is 0 Å². The van der Waals surface area contributed by atoms with E-state index in [4.69, 9.17) is 15.2 Å². The zero-order valence-corrected chi connectivity index (χ0v) is 9.53. The smallest absolute Gasteiger partial charge is 0.340 e. The summed E-state index contributed by atoms with van der Waals surface area (Å²) in [6.07, 6.45) is 2.19. The number of rotatable bonds is 5. The molecule has 0 spiro atoms. The average molecular weight is 224 g/mol. The van der Waals surface area contributed by atoms with E-state index in [0.29, 0.717) is 36.6 Å². The third kappa shape index (κ3) is 3.51. The molecule has 0 atom stereocenters. The van der Waals surface area contributed by atoms with Crippen LogP contribution < -0.4 is 5.73 Å². The molecule has 0 fully saturated rings. The Labute approximate surface area is 94.6 Å². The van der Waals surface area contributed by atoms with Crippen molar-refractivity contribution in [1.29, 1.82) is 0 Å². The number of carbonyl (C=O) groups is 1. The summed E-state index contributed by atoms with van der Waals surface area (Å²) in [5.41, 5.74) is 7.04. The Morgan fingerprint density at radius 3 is 2.94 bits per heavy atom. The van der Waals surface area contributed by atoms with Gasteiger partial charge >= 0.3 is 5.97 Å². The van der Waals surface area contributed by atoms with Crippen LogP contribution in [0.1, 0.15) is 22.5 Å². The molecule has 0 radical (unpaired) electrons. The Balaban J connectivity index is 2.55. The SMILES string of the molecule is COCCCOC(=O)c1cc(N)cnc1C. The van der Waals surface area contributed by atoms with Crippen molar-refractivity contribution in [3.05, 3.63) is 23.5 Å². The molecule has 1 heterocycles. The highest BCUT2D eigenvalue weighted by molar-refractivity contribution is 5.91. The minimum absolute atomic E-state index is 0.334. The van der Waals surface area contributed by atoms with Crippen LogP contribution in [0, 0.1) is 6.92 Å². The molecule has 88 valence electrons. The summed E-state index contributed by atoms with van der Waals surface area (Å²) in [6, 6.07) is 1.57. The number of hydrogen-bond donors (Lipinski definition) is 1. The van der Waals surface area contributed by atoms with Crippen LogP contribution in [-0.4, -0.2) is 31.3 Å². The lowest BCUT2D eigenvalue weighted by atomic mass is 10.2. The molecule has 5 nitrogen and oxygen atoms in total. The molecule has 0 saturated carbocycles. The summed E-state index contributed by atoms with van der Waals surface area (Å²) >= 11 is 0. The summed E-state index contributed by atoms with van der Waals surface area (Å²) in [7, 11) is 1.60. The van der Waals surface area contributed by atoms with E-state index in [1.807, 2.05) is 0 Å². The van der Waals surface area contributed by atoms with E-state index in [-0.39, 0.29) is 0 Å². The number of esters is 1. The molecule has 0 aromatic carbocycles. The molecule has 0 bridgehead atoms. The Kier molecular flexibility index (Phi) is 4.72. The molecular weight excluding hydrogens is 208 g/mol. The number of methoxy groups -OCH3 is 1. The first-order valence-electron chi connectivity index (χ1n) is 5.03. The molecular formula is C11H16N2O3. The normalized spacial score (nSPS) is 10.1. The number of aryl methyl sites for hydroxylation is 1. The van der Waals surface area contributed by atoms with Gasteiger partial charge in [0, 0.05) is 20.1 Å². The average Bonchev–Trinajstić information content (AvgIpc) is 2.27. The minimum atomic E-state index is -0.395. The van der Waals surface area contributed by atoms with Crippen molar-refractivity contribution in [2.24, 2.45) is 0 Å². The lowest BCUT2D eigenvalue weighted by Crippen LogP contribution is -2.10. The number of aromatic nitrogens is 1. The number of pyridine rings is 1. The highest BCUT2D eigenvalue weighted by Gasteiger charge is 2.11. The van der Waals surface area contributed by atoms with Crippen LogP contribution in [0.3, 0.4) is 0 Å². The summed E-state index contributed by atoms with van der Waals surface area (Å²) in [5, 5.41) is 0. The van der Waals surface area contributed by atoms with Gasteiger partial charge in [-0.2, -0.15) is 0 Å². The fraction of sp³-hybridized carbons (Fsp3) is 0.455. The first-order chi connectivity index (χ1) is 7.65. The molecule has 1 aromatic heterocycles. The number of ether oxygens (including phenoxy) is 2. The van der Waals surface area contributed by atoms with Gasteiger partial charge in [0.1, 0.15) is 0 Å². The molecule has 2 N–H and O–H groups in total. The van der Waals surface area contributed by atoms with Gasteiger partial charge in [0.15, 0.2) is 0 Å². The summed E-state index contributed by atoms with van der Waals surface area (Å²) in [5.74, 6) is -0.395. The molecule has 0 aliphatic heterocycles. The number of nitrogen functional groups attached to an aromatic ring is 1. The fourth-order valence-electron chi connectivity index (χ4n) is 1.20. The van der Waals surface area contributed by atoms with E-state index in [0.717, 1.165) is 0 Å². The van der Waals surface area contributed by atoms with Gasteiger partial charge in [0.05, 0.1) is 29.7 Å². The van der Waals surface area contributed by atoms with Crippen molar-refractivity contribution in [3.63, 3.8) is 0 Å². The van der Waals surface area contributed by atoms with Gasteiger partial charge in [-0.3, -0.25) is 4.98 Å². The Hall–Kier alpha value is -1.62. The molecule has 0 aliphatic carbocycles. The van der Waals surface area contributed by atoms with Gasteiger partial charge in [-0.1, -0.05) is 0 Å². The monoisotopic (exact) mass is 224 g/mol. The quantitative estimate of drug-likeness (QED) is 0.600. The van der Waals surface area contributed by atoms with Crippen LogP contribution in [0.25, 0.3) is 0 Å². The predicted octanol–water partition coefficient (Wildman–Crippen LogP) is 1.17. The van der Waals surface area contributed by atoms with Gasteiger partial charge < -0.3 is 15.2 Å². The summed E-state index contributed by atoms with van der Waals surface area (Å²) in [4.78, 5) is 15.6. The highest BCUT2D eigenvalue weighted by Crippen LogP contribution is 2.10. The van der Waals surface area contributed by atoms with Crippen molar-refractivity contribution in [3.8, 4) is 0 Å².